The van der Waals surface area contributed by atoms with E-state index in [9.17, 15) is 4.79 Å². The van der Waals surface area contributed by atoms with Gasteiger partial charge in [-0.05, 0) is 25.0 Å². The van der Waals surface area contributed by atoms with E-state index in [1.54, 1.807) is 0 Å². The lowest BCUT2D eigenvalue weighted by Crippen LogP contribution is -2.49. The van der Waals surface area contributed by atoms with Crippen LogP contribution in [0.15, 0.2) is 18.2 Å². The van der Waals surface area contributed by atoms with Crippen molar-refractivity contribution in [1.82, 2.24) is 9.80 Å². The summed E-state index contributed by atoms with van der Waals surface area (Å²) in [5, 5.41) is 3.05. The number of nitrogens with zero attached hydrogens (tertiary/aromatic N) is 2. The largest absolute Gasteiger partial charge is 0.329 e. The summed E-state index contributed by atoms with van der Waals surface area (Å²) >= 11 is 0. The van der Waals surface area contributed by atoms with Gasteiger partial charge in [-0.3, -0.25) is 14.6 Å². The van der Waals surface area contributed by atoms with Gasteiger partial charge in [0, 0.05) is 45.0 Å². The molecule has 2 rings (SSSR count). The summed E-state index contributed by atoms with van der Waals surface area (Å²) in [6.45, 7) is 10.0. The lowest BCUT2D eigenvalue weighted by atomic mass is 10.1. The maximum atomic E-state index is 12.2. The van der Waals surface area contributed by atoms with Crippen molar-refractivity contribution < 1.29 is 4.79 Å². The molecular formula is C16H26N4O. The van der Waals surface area contributed by atoms with E-state index in [2.05, 4.69) is 15.1 Å². The van der Waals surface area contributed by atoms with E-state index >= 15 is 0 Å². The number of para-hydroxylation sites is 1. The number of rotatable bonds is 5. The number of carbonyl (C=O) groups excluding carboxylic acids is 1. The summed E-state index contributed by atoms with van der Waals surface area (Å²) < 4.78 is 0. The van der Waals surface area contributed by atoms with Gasteiger partial charge in [-0.15, -0.1) is 0 Å². The predicted molar refractivity (Wildman–Crippen MR) is 86.5 cm³/mol. The number of aryl methyl sites for hydroxylation is 2. The average Bonchev–Trinajstić information content (AvgIpc) is 2.45. The number of anilines is 1. The Labute approximate surface area is 127 Å². The van der Waals surface area contributed by atoms with Crippen molar-refractivity contribution in [2.75, 3.05) is 51.1 Å². The minimum Gasteiger partial charge on any atom is -0.329 e. The molecular weight excluding hydrogens is 264 g/mol. The molecule has 1 amide bonds. The van der Waals surface area contributed by atoms with Crippen LogP contribution >= 0.6 is 0 Å². The Hall–Kier alpha value is -1.43. The molecule has 3 N–H and O–H groups in total. The Balaban J connectivity index is 1.83. The van der Waals surface area contributed by atoms with Crippen LogP contribution in [0.1, 0.15) is 11.1 Å². The first-order valence-corrected chi connectivity index (χ1v) is 7.61. The molecule has 0 radical (unpaired) electrons. The molecule has 5 heteroatoms. The molecule has 0 bridgehead atoms. The van der Waals surface area contributed by atoms with Crippen LogP contribution in [-0.2, 0) is 4.79 Å². The smallest absolute Gasteiger partial charge is 0.238 e. The lowest BCUT2D eigenvalue weighted by Gasteiger charge is -2.34. The summed E-state index contributed by atoms with van der Waals surface area (Å²) in [6, 6.07) is 6.05. The zero-order valence-corrected chi connectivity index (χ0v) is 13.1. The lowest BCUT2D eigenvalue weighted by molar-refractivity contribution is -0.117. The van der Waals surface area contributed by atoms with Crippen molar-refractivity contribution in [3.05, 3.63) is 29.3 Å². The van der Waals surface area contributed by atoms with Gasteiger partial charge in [-0.1, -0.05) is 18.2 Å². The number of nitrogens with two attached hydrogens (primary N) is 1. The molecule has 0 aromatic heterocycles. The van der Waals surface area contributed by atoms with Gasteiger partial charge in [-0.2, -0.15) is 0 Å². The number of hydrogen-bond donors (Lipinski definition) is 2. The summed E-state index contributed by atoms with van der Waals surface area (Å²) in [4.78, 5) is 16.8. The third-order valence-electron chi connectivity index (χ3n) is 4.02. The number of piperazine rings is 1. The minimum absolute atomic E-state index is 0.0691. The molecule has 1 aliphatic rings. The molecule has 116 valence electrons. The van der Waals surface area contributed by atoms with Crippen molar-refractivity contribution in [3.8, 4) is 0 Å². The van der Waals surface area contributed by atoms with Gasteiger partial charge in [0.25, 0.3) is 0 Å². The first-order valence-electron chi connectivity index (χ1n) is 7.61. The van der Waals surface area contributed by atoms with E-state index in [1.807, 2.05) is 32.0 Å². The second kappa shape index (κ2) is 7.54. The molecule has 1 saturated heterocycles. The molecule has 0 atom stereocenters. The maximum absolute atomic E-state index is 12.2. The van der Waals surface area contributed by atoms with Gasteiger partial charge in [0.2, 0.25) is 5.91 Å². The molecule has 0 unspecified atom stereocenters. The molecule has 21 heavy (non-hydrogen) atoms. The monoisotopic (exact) mass is 290 g/mol. The van der Waals surface area contributed by atoms with Crippen LogP contribution in [-0.4, -0.2) is 61.5 Å². The van der Waals surface area contributed by atoms with Crippen molar-refractivity contribution in [2.45, 2.75) is 13.8 Å². The van der Waals surface area contributed by atoms with Crippen LogP contribution in [0.2, 0.25) is 0 Å². The topological polar surface area (TPSA) is 61.6 Å². The van der Waals surface area contributed by atoms with E-state index in [-0.39, 0.29) is 5.91 Å². The van der Waals surface area contributed by atoms with E-state index in [1.165, 1.54) is 0 Å². The van der Waals surface area contributed by atoms with E-state index in [0.717, 1.165) is 49.5 Å². The van der Waals surface area contributed by atoms with Gasteiger partial charge in [0.1, 0.15) is 0 Å². The van der Waals surface area contributed by atoms with Crippen LogP contribution in [0.3, 0.4) is 0 Å². The van der Waals surface area contributed by atoms with E-state index < -0.39 is 0 Å². The van der Waals surface area contributed by atoms with Crippen LogP contribution in [0.25, 0.3) is 0 Å². The minimum atomic E-state index is 0.0691. The molecule has 0 saturated carbocycles. The highest BCUT2D eigenvalue weighted by molar-refractivity contribution is 5.93. The summed E-state index contributed by atoms with van der Waals surface area (Å²) in [5.41, 5.74) is 8.73. The molecule has 1 aromatic carbocycles. The van der Waals surface area contributed by atoms with Gasteiger partial charge in [-0.25, -0.2) is 0 Å². The predicted octanol–water partition coefficient (Wildman–Crippen LogP) is 0.818. The van der Waals surface area contributed by atoms with Gasteiger partial charge < -0.3 is 11.1 Å². The van der Waals surface area contributed by atoms with Crippen LogP contribution in [0.4, 0.5) is 5.69 Å². The first kappa shape index (κ1) is 15.9. The highest BCUT2D eigenvalue weighted by atomic mass is 16.2. The standard InChI is InChI=1S/C16H26N4O/c1-13-4-3-5-14(2)16(13)18-15(21)12-20-10-8-19(7-6-17)9-11-20/h3-5H,6-12,17H2,1-2H3,(H,18,21). The number of hydrogen-bond acceptors (Lipinski definition) is 4. The van der Waals surface area contributed by atoms with Crippen molar-refractivity contribution in [1.29, 1.82) is 0 Å². The summed E-state index contributed by atoms with van der Waals surface area (Å²) in [5.74, 6) is 0.0691. The second-order valence-electron chi connectivity index (χ2n) is 5.72. The Morgan fingerprint density at radius 3 is 2.29 bits per heavy atom. The van der Waals surface area contributed by atoms with Gasteiger partial charge in [0.15, 0.2) is 0 Å². The van der Waals surface area contributed by atoms with Crippen LogP contribution in [0.5, 0.6) is 0 Å². The molecule has 1 aromatic rings. The number of nitrogens with one attached hydrogen (secondary N) is 1. The molecule has 1 heterocycles. The van der Waals surface area contributed by atoms with E-state index in [0.29, 0.717) is 13.1 Å². The molecule has 1 aliphatic heterocycles. The highest BCUT2D eigenvalue weighted by Crippen LogP contribution is 2.19. The molecule has 5 nitrogen and oxygen atoms in total. The van der Waals surface area contributed by atoms with Crippen molar-refractivity contribution >= 4 is 11.6 Å². The third kappa shape index (κ3) is 4.52. The second-order valence-corrected chi connectivity index (χ2v) is 5.72. The number of carbonyl (C=O) groups is 1. The summed E-state index contributed by atoms with van der Waals surface area (Å²) in [7, 11) is 0. The Morgan fingerprint density at radius 1 is 1.14 bits per heavy atom. The average molecular weight is 290 g/mol. The fourth-order valence-corrected chi connectivity index (χ4v) is 2.75. The van der Waals surface area contributed by atoms with Gasteiger partial charge >= 0.3 is 0 Å². The highest BCUT2D eigenvalue weighted by Gasteiger charge is 2.18. The SMILES string of the molecule is Cc1cccc(C)c1NC(=O)CN1CCN(CCN)CC1. The zero-order chi connectivity index (χ0) is 15.2. The quantitative estimate of drug-likeness (QED) is 0.843. The zero-order valence-electron chi connectivity index (χ0n) is 13.1. The van der Waals surface area contributed by atoms with Crippen molar-refractivity contribution in [2.24, 2.45) is 5.73 Å². The van der Waals surface area contributed by atoms with Crippen molar-refractivity contribution in [3.63, 3.8) is 0 Å². The number of benzene rings is 1. The Bertz CT molecular complexity index is 461. The maximum Gasteiger partial charge on any atom is 0.238 e. The Kier molecular flexibility index (Phi) is 5.73. The third-order valence-corrected chi connectivity index (χ3v) is 4.02. The fourth-order valence-electron chi connectivity index (χ4n) is 2.75. The summed E-state index contributed by atoms with van der Waals surface area (Å²) in [6.07, 6.45) is 0. The molecule has 0 spiro atoms. The van der Waals surface area contributed by atoms with Crippen LogP contribution < -0.4 is 11.1 Å². The van der Waals surface area contributed by atoms with Gasteiger partial charge in [0.05, 0.1) is 6.54 Å². The first-order chi connectivity index (χ1) is 10.1. The fraction of sp³-hybridized carbons (Fsp3) is 0.562. The molecule has 1 fully saturated rings. The normalized spacial score (nSPS) is 16.9. The number of amides is 1. The van der Waals surface area contributed by atoms with Crippen LogP contribution in [0, 0.1) is 13.8 Å². The Morgan fingerprint density at radius 2 is 1.71 bits per heavy atom. The van der Waals surface area contributed by atoms with E-state index in [4.69, 9.17) is 5.73 Å². The molecule has 0 aliphatic carbocycles.